The van der Waals surface area contributed by atoms with Crippen LogP contribution in [-0.4, -0.2) is 0 Å². The molecule has 0 saturated heterocycles. The van der Waals surface area contributed by atoms with Crippen LogP contribution in [0.2, 0.25) is 0 Å². The van der Waals surface area contributed by atoms with E-state index in [2.05, 4.69) is 72.0 Å². The van der Waals surface area contributed by atoms with Crippen LogP contribution in [-0.2, 0) is 13.1 Å². The molecule has 12 heteroatoms. The molecule has 0 unspecified atom stereocenters. The maximum Gasteiger partial charge on any atom is 0.169 e. The van der Waals surface area contributed by atoms with Crippen LogP contribution in [0, 0.1) is 20.5 Å². The Morgan fingerprint density at radius 1 is 0.531 bits per heavy atom. The molecule has 2 aromatic rings. The lowest BCUT2D eigenvalue weighted by Gasteiger charge is -2.17. The highest BCUT2D eigenvalue weighted by Crippen LogP contribution is 2.15. The number of pyridine rings is 2. The van der Waals surface area contributed by atoms with Gasteiger partial charge in [-0.2, -0.15) is 0 Å². The minimum atomic E-state index is -4.94. The number of hydrogen-bond donors (Lipinski definition) is 0. The molecule has 0 aliphatic rings. The topological polar surface area (TPSA) is 192 Å². The smallest absolute Gasteiger partial charge is 0.169 e. The van der Waals surface area contributed by atoms with Crippen LogP contribution in [0.1, 0.15) is 52.4 Å². The van der Waals surface area contributed by atoms with Crippen molar-refractivity contribution in [1.82, 2.24) is 0 Å². The first-order valence-electron chi connectivity index (χ1n) is 10.1. The lowest BCUT2D eigenvalue weighted by Crippen LogP contribution is -2.68. The molecule has 0 spiro atoms. The number of halogens is 2. The summed E-state index contributed by atoms with van der Waals surface area (Å²) in [6.45, 7) is 6.75. The summed E-state index contributed by atoms with van der Waals surface area (Å²) in [5.74, 6) is 0. The summed E-state index contributed by atoms with van der Waals surface area (Å²) >= 11 is 0. The first kappa shape index (κ1) is 30.6. The monoisotopic (exact) mass is 496 g/mol. The van der Waals surface area contributed by atoms with Gasteiger partial charge in [0.15, 0.2) is 24.8 Å². The average Bonchev–Trinajstić information content (AvgIpc) is 2.67. The fourth-order valence-corrected chi connectivity index (χ4v) is 2.69. The molecule has 0 saturated carbocycles. The summed E-state index contributed by atoms with van der Waals surface area (Å²) in [5.41, 5.74) is 2.60. The van der Waals surface area contributed by atoms with E-state index in [0.29, 0.717) is 0 Å². The van der Waals surface area contributed by atoms with Gasteiger partial charge in [-0.05, 0) is 24.0 Å². The molecule has 0 aliphatic carbocycles. The molecule has 2 rings (SSSR count). The molecule has 0 amide bonds. The zero-order valence-electron chi connectivity index (χ0n) is 18.2. The van der Waals surface area contributed by atoms with Crippen molar-refractivity contribution in [2.24, 2.45) is 0 Å². The Morgan fingerprint density at radius 2 is 0.781 bits per heavy atom. The predicted molar refractivity (Wildman–Crippen MR) is 91.3 cm³/mol. The van der Waals surface area contributed by atoms with Crippen LogP contribution >= 0.6 is 0 Å². The van der Waals surface area contributed by atoms with E-state index < -0.39 is 20.5 Å². The Balaban J connectivity index is 0.000000805. The van der Waals surface area contributed by atoms with Gasteiger partial charge >= 0.3 is 0 Å². The second-order valence-corrected chi connectivity index (χ2v) is 8.33. The van der Waals surface area contributed by atoms with Crippen molar-refractivity contribution in [3.05, 3.63) is 49.1 Å². The van der Waals surface area contributed by atoms with E-state index in [1.807, 2.05) is 0 Å². The van der Waals surface area contributed by atoms with Crippen molar-refractivity contribution in [2.45, 2.75) is 65.5 Å². The Hall–Kier alpha value is -1.44. The molecule has 0 atom stereocenters. The Bertz CT molecular complexity index is 645. The lowest BCUT2D eigenvalue weighted by molar-refractivity contribution is -2.00. The van der Waals surface area contributed by atoms with E-state index in [1.165, 1.54) is 49.7 Å². The van der Waals surface area contributed by atoms with Gasteiger partial charge in [-0.15, -0.1) is 20.5 Å². The lowest BCUT2D eigenvalue weighted by atomic mass is 10.1. The van der Waals surface area contributed by atoms with Crippen molar-refractivity contribution >= 4 is 0 Å². The fraction of sp³-hybridized carbons (Fsp3) is 0.500. The number of unbranched alkanes of at least 4 members (excludes halogenated alkanes) is 4. The largest absolute Gasteiger partial charge is 0.222 e. The molecule has 10 nitrogen and oxygen atoms in total. The zero-order chi connectivity index (χ0) is 24.6. The number of aromatic nitrogens is 2. The number of aryl methyl sites for hydroxylation is 2. The fourth-order valence-electron chi connectivity index (χ4n) is 2.69. The number of rotatable bonds is 9. The van der Waals surface area contributed by atoms with E-state index in [0.717, 1.165) is 13.1 Å². The standard InChI is InChI=1S/C20H30N2.2ClHO4/c1-3-5-7-13-21-15-9-19(10-16-21)20-11-17-22(18-12-20)14-8-6-4-2;2*2-1(3,4)5/h9-12,15-18H,3-8,13-14H2,1-2H3;2*(H,2,3,4,5)/q+2;;/p-2. The molecule has 0 bridgehead atoms. The van der Waals surface area contributed by atoms with E-state index >= 15 is 0 Å². The number of hydrogen-bond acceptors (Lipinski definition) is 8. The molecule has 0 radical (unpaired) electrons. The zero-order valence-corrected chi connectivity index (χ0v) is 19.7. The van der Waals surface area contributed by atoms with Crippen LogP contribution in [0.25, 0.3) is 11.1 Å². The van der Waals surface area contributed by atoms with Gasteiger partial charge in [0, 0.05) is 37.1 Å². The number of nitrogens with zero attached hydrogens (tertiary/aromatic N) is 2. The normalized spacial score (nSPS) is 11.2. The summed E-state index contributed by atoms with van der Waals surface area (Å²) in [6.07, 6.45) is 16.5. The van der Waals surface area contributed by atoms with E-state index in [1.54, 1.807) is 0 Å². The third kappa shape index (κ3) is 20.5. The Kier molecular flexibility index (Phi) is 15.5. The molecule has 2 heterocycles. The first-order chi connectivity index (χ1) is 14.8. The summed E-state index contributed by atoms with van der Waals surface area (Å²) in [6, 6.07) is 8.90. The maximum atomic E-state index is 8.49. The predicted octanol–water partition coefficient (Wildman–Crippen LogP) is -5.20. The molecule has 0 aliphatic heterocycles. The molecule has 0 N–H and O–H groups in total. The highest BCUT2D eigenvalue weighted by molar-refractivity contribution is 5.60. The van der Waals surface area contributed by atoms with Crippen LogP contribution in [0.3, 0.4) is 0 Å². The van der Waals surface area contributed by atoms with Crippen molar-refractivity contribution in [3.63, 3.8) is 0 Å². The van der Waals surface area contributed by atoms with Crippen LogP contribution in [0.4, 0.5) is 0 Å². The van der Waals surface area contributed by atoms with Gasteiger partial charge in [0.1, 0.15) is 13.1 Å². The summed E-state index contributed by atoms with van der Waals surface area (Å²) < 4.78 is 72.5. The molecule has 0 aromatic carbocycles. The Labute approximate surface area is 192 Å². The highest BCUT2D eigenvalue weighted by atomic mass is 35.7. The molecular weight excluding hydrogens is 467 g/mol. The highest BCUT2D eigenvalue weighted by Gasteiger charge is 2.05. The summed E-state index contributed by atoms with van der Waals surface area (Å²) in [7, 11) is -9.89. The molecule has 2 aromatic heterocycles. The third-order valence-electron chi connectivity index (χ3n) is 4.16. The van der Waals surface area contributed by atoms with Crippen LogP contribution in [0.5, 0.6) is 0 Å². The van der Waals surface area contributed by atoms with Gasteiger partial charge in [0.2, 0.25) is 0 Å². The van der Waals surface area contributed by atoms with E-state index in [9.17, 15) is 0 Å². The summed E-state index contributed by atoms with van der Waals surface area (Å²) in [5, 5.41) is 0. The van der Waals surface area contributed by atoms with Crippen molar-refractivity contribution in [3.8, 4) is 11.1 Å². The molecule has 182 valence electrons. The van der Waals surface area contributed by atoms with Gasteiger partial charge in [-0.3, -0.25) is 0 Å². The Morgan fingerprint density at radius 3 is 1.00 bits per heavy atom. The second kappa shape index (κ2) is 16.2. The van der Waals surface area contributed by atoms with E-state index in [4.69, 9.17) is 37.3 Å². The minimum Gasteiger partial charge on any atom is -0.222 e. The van der Waals surface area contributed by atoms with Gasteiger partial charge < -0.3 is 0 Å². The van der Waals surface area contributed by atoms with Crippen molar-refractivity contribution < 1.29 is 66.9 Å². The summed E-state index contributed by atoms with van der Waals surface area (Å²) in [4.78, 5) is 0. The van der Waals surface area contributed by atoms with Gasteiger partial charge in [0.05, 0.1) is 0 Å². The van der Waals surface area contributed by atoms with Gasteiger partial charge in [0.25, 0.3) is 0 Å². The maximum absolute atomic E-state index is 8.49. The molecule has 0 fully saturated rings. The van der Waals surface area contributed by atoms with Crippen LogP contribution < -0.4 is 46.4 Å². The molecular formula is C20H30Cl2N2O8. The van der Waals surface area contributed by atoms with Gasteiger partial charge in [-0.25, -0.2) is 46.4 Å². The van der Waals surface area contributed by atoms with Crippen molar-refractivity contribution in [1.29, 1.82) is 0 Å². The average molecular weight is 497 g/mol. The minimum absolute atomic E-state index is 1.13. The molecule has 32 heavy (non-hydrogen) atoms. The first-order valence-corrected chi connectivity index (χ1v) is 12.5. The van der Waals surface area contributed by atoms with Gasteiger partial charge in [-0.1, -0.05) is 26.7 Å². The third-order valence-corrected chi connectivity index (χ3v) is 4.16. The van der Waals surface area contributed by atoms with Crippen LogP contribution in [0.15, 0.2) is 49.1 Å². The second-order valence-electron chi connectivity index (χ2n) is 6.82. The van der Waals surface area contributed by atoms with E-state index in [-0.39, 0.29) is 0 Å². The van der Waals surface area contributed by atoms with Crippen molar-refractivity contribution in [2.75, 3.05) is 0 Å². The SMILES string of the molecule is CCCCC[n+]1ccc(-c2cc[n+](CCCCC)cc2)cc1.[O-][Cl+3]([O-])([O-])[O-].[O-][Cl+3]([O-])([O-])[O-]. The quantitative estimate of drug-likeness (QED) is 0.242.